The lowest BCUT2D eigenvalue weighted by atomic mass is 9.77. The Morgan fingerprint density at radius 3 is 1.96 bits per heavy atom. The first-order valence-corrected chi connectivity index (χ1v) is 9.06. The number of carbonyl (C=O) groups is 2. The molecule has 4 heteroatoms. The number of nitrogens with zero attached hydrogens (tertiary/aromatic N) is 2. The molecule has 3 heterocycles. The molecular weight excluding hydrogens is 324 g/mol. The molecule has 2 bridgehead atoms. The molecule has 2 aromatic carbocycles. The van der Waals surface area contributed by atoms with Crippen LogP contribution < -0.4 is 0 Å². The molecule has 0 spiro atoms. The molecule has 2 amide bonds. The Morgan fingerprint density at radius 1 is 0.846 bits per heavy atom. The van der Waals surface area contributed by atoms with Crippen LogP contribution in [0.15, 0.2) is 60.7 Å². The van der Waals surface area contributed by atoms with Crippen LogP contribution in [0.3, 0.4) is 0 Å². The summed E-state index contributed by atoms with van der Waals surface area (Å²) in [5.41, 5.74) is 3.58. The molecule has 2 aromatic rings. The number of likely N-dealkylation sites (tertiary alicyclic amines) is 1. The van der Waals surface area contributed by atoms with Crippen LogP contribution in [-0.2, 0) is 9.59 Å². The normalized spacial score (nSPS) is 29.7. The fourth-order valence-electron chi connectivity index (χ4n) is 5.01. The lowest BCUT2D eigenvalue weighted by Crippen LogP contribution is -2.33. The van der Waals surface area contributed by atoms with E-state index < -0.39 is 0 Å². The first-order valence-electron chi connectivity index (χ1n) is 9.06. The predicted molar refractivity (Wildman–Crippen MR) is 98.9 cm³/mol. The maximum Gasteiger partial charge on any atom is 0.234 e. The van der Waals surface area contributed by atoms with Crippen LogP contribution in [-0.4, -0.2) is 35.2 Å². The van der Waals surface area contributed by atoms with E-state index in [1.54, 1.807) is 7.05 Å². The van der Waals surface area contributed by atoms with Crippen LogP contribution in [0.2, 0.25) is 0 Å². The van der Waals surface area contributed by atoms with Crippen molar-refractivity contribution in [1.82, 2.24) is 9.80 Å². The van der Waals surface area contributed by atoms with Crippen molar-refractivity contribution in [2.75, 3.05) is 13.6 Å². The summed E-state index contributed by atoms with van der Waals surface area (Å²) in [6.45, 7) is 0.732. The minimum absolute atomic E-state index is 0.00280. The van der Waals surface area contributed by atoms with Crippen LogP contribution in [0.1, 0.15) is 28.8 Å². The molecule has 5 rings (SSSR count). The molecule has 4 atom stereocenters. The predicted octanol–water partition coefficient (Wildman–Crippen LogP) is 3.04. The number of carbonyl (C=O) groups excluding carboxylic acids is 2. The number of amides is 2. The van der Waals surface area contributed by atoms with Crippen molar-refractivity contribution in [2.24, 2.45) is 11.8 Å². The van der Waals surface area contributed by atoms with Crippen molar-refractivity contribution in [2.45, 2.75) is 12.1 Å². The summed E-state index contributed by atoms with van der Waals surface area (Å²) in [7, 11) is 1.62. The quantitative estimate of drug-likeness (QED) is 0.804. The summed E-state index contributed by atoms with van der Waals surface area (Å²) in [4.78, 5) is 29.1. The zero-order valence-corrected chi connectivity index (χ0v) is 14.6. The second-order valence-corrected chi connectivity index (χ2v) is 7.32. The standard InChI is InChI=1S/C22H20N2O2/c1-23-21(25)17-18(22(23)26)20-16-12-6-5-11-15(16)19(17)24(20)13-7-10-14-8-3-2-4-9-14/h2-12,17-20H,13H2,1H3/b10-7+/t17-,18+,19-,20+. The summed E-state index contributed by atoms with van der Waals surface area (Å²) in [6.07, 6.45) is 4.24. The van der Waals surface area contributed by atoms with E-state index in [0.29, 0.717) is 0 Å². The monoisotopic (exact) mass is 344 g/mol. The Kier molecular flexibility index (Phi) is 3.37. The van der Waals surface area contributed by atoms with E-state index in [4.69, 9.17) is 0 Å². The molecule has 0 unspecified atom stereocenters. The van der Waals surface area contributed by atoms with Crippen LogP contribution in [0, 0.1) is 11.8 Å². The third kappa shape index (κ3) is 1.99. The Labute approximate surface area is 152 Å². The van der Waals surface area contributed by atoms with Gasteiger partial charge in [0.1, 0.15) is 0 Å². The van der Waals surface area contributed by atoms with Gasteiger partial charge in [0.15, 0.2) is 0 Å². The highest BCUT2D eigenvalue weighted by Crippen LogP contribution is 2.61. The number of imide groups is 1. The molecule has 0 aliphatic carbocycles. The molecule has 26 heavy (non-hydrogen) atoms. The van der Waals surface area contributed by atoms with E-state index in [1.807, 2.05) is 30.3 Å². The second-order valence-electron chi connectivity index (χ2n) is 7.32. The van der Waals surface area contributed by atoms with Gasteiger partial charge in [-0.25, -0.2) is 0 Å². The maximum atomic E-state index is 12.7. The van der Waals surface area contributed by atoms with Gasteiger partial charge in [0.05, 0.1) is 11.8 Å². The largest absolute Gasteiger partial charge is 0.285 e. The number of benzene rings is 2. The van der Waals surface area contributed by atoms with Gasteiger partial charge in [0.2, 0.25) is 11.8 Å². The van der Waals surface area contributed by atoms with Gasteiger partial charge in [0, 0.05) is 25.7 Å². The fraction of sp³-hybridized carbons (Fsp3) is 0.273. The van der Waals surface area contributed by atoms with Gasteiger partial charge in [-0.15, -0.1) is 0 Å². The minimum atomic E-state index is -0.238. The Bertz CT molecular complexity index is 872. The molecule has 4 nitrogen and oxygen atoms in total. The van der Waals surface area contributed by atoms with Crippen molar-refractivity contribution in [1.29, 1.82) is 0 Å². The van der Waals surface area contributed by atoms with Gasteiger partial charge in [-0.2, -0.15) is 0 Å². The first-order chi connectivity index (χ1) is 12.7. The highest BCUT2D eigenvalue weighted by Gasteiger charge is 2.65. The number of rotatable bonds is 3. The fourth-order valence-corrected chi connectivity index (χ4v) is 5.01. The topological polar surface area (TPSA) is 40.6 Å². The highest BCUT2D eigenvalue weighted by atomic mass is 16.2. The number of hydrogen-bond donors (Lipinski definition) is 0. The van der Waals surface area contributed by atoms with E-state index in [1.165, 1.54) is 16.0 Å². The molecule has 3 aliphatic rings. The van der Waals surface area contributed by atoms with Crippen LogP contribution >= 0.6 is 0 Å². The molecule has 2 saturated heterocycles. The SMILES string of the molecule is CN1C(=O)[C@@H]2[C@H](C1=O)[C@@H]1c3ccccc3[C@H]2N1C/C=C/c1ccccc1. The molecule has 0 aromatic heterocycles. The summed E-state index contributed by atoms with van der Waals surface area (Å²) < 4.78 is 0. The van der Waals surface area contributed by atoms with Crippen molar-refractivity contribution < 1.29 is 9.59 Å². The van der Waals surface area contributed by atoms with E-state index in [9.17, 15) is 9.59 Å². The maximum absolute atomic E-state index is 12.7. The molecule has 0 radical (unpaired) electrons. The third-order valence-electron chi connectivity index (χ3n) is 6.07. The van der Waals surface area contributed by atoms with Crippen molar-refractivity contribution in [3.05, 3.63) is 77.4 Å². The molecule has 130 valence electrons. The van der Waals surface area contributed by atoms with Gasteiger partial charge in [-0.1, -0.05) is 66.7 Å². The second kappa shape index (κ2) is 5.64. The molecule has 0 N–H and O–H groups in total. The zero-order chi connectivity index (χ0) is 17.8. The number of fused-ring (bicyclic) bond motifs is 8. The van der Waals surface area contributed by atoms with Gasteiger partial charge in [-0.3, -0.25) is 19.4 Å². The smallest absolute Gasteiger partial charge is 0.234 e. The van der Waals surface area contributed by atoms with E-state index in [-0.39, 0.29) is 35.7 Å². The van der Waals surface area contributed by atoms with Crippen LogP contribution in [0.25, 0.3) is 6.08 Å². The zero-order valence-electron chi connectivity index (χ0n) is 14.6. The summed E-state index contributed by atoms with van der Waals surface area (Å²) in [5.74, 6) is -0.534. The third-order valence-corrected chi connectivity index (χ3v) is 6.07. The number of hydrogen-bond acceptors (Lipinski definition) is 3. The van der Waals surface area contributed by atoms with Crippen molar-refractivity contribution >= 4 is 17.9 Å². The first kappa shape index (κ1) is 15.5. The van der Waals surface area contributed by atoms with Gasteiger partial charge in [-0.05, 0) is 16.7 Å². The van der Waals surface area contributed by atoms with Gasteiger partial charge < -0.3 is 0 Å². The average molecular weight is 344 g/mol. The van der Waals surface area contributed by atoms with Crippen LogP contribution in [0.5, 0.6) is 0 Å². The Balaban J connectivity index is 1.50. The Morgan fingerprint density at radius 2 is 1.38 bits per heavy atom. The van der Waals surface area contributed by atoms with Gasteiger partial charge in [0.25, 0.3) is 0 Å². The van der Waals surface area contributed by atoms with E-state index in [0.717, 1.165) is 12.1 Å². The highest BCUT2D eigenvalue weighted by molar-refractivity contribution is 6.06. The van der Waals surface area contributed by atoms with Crippen molar-refractivity contribution in [3.8, 4) is 0 Å². The summed E-state index contributed by atoms with van der Waals surface area (Å²) in [5, 5.41) is 0. The van der Waals surface area contributed by atoms with E-state index >= 15 is 0 Å². The summed E-state index contributed by atoms with van der Waals surface area (Å²) >= 11 is 0. The van der Waals surface area contributed by atoms with E-state index in [2.05, 4.69) is 41.3 Å². The average Bonchev–Trinajstić information content (AvgIpc) is 3.24. The van der Waals surface area contributed by atoms with Crippen LogP contribution in [0.4, 0.5) is 0 Å². The lowest BCUT2D eigenvalue weighted by molar-refractivity contribution is -0.139. The summed E-state index contributed by atoms with van der Waals surface area (Å²) in [6, 6.07) is 18.5. The lowest BCUT2D eigenvalue weighted by Gasteiger charge is -2.24. The molecule has 2 fully saturated rings. The minimum Gasteiger partial charge on any atom is -0.285 e. The Hall–Kier alpha value is -2.72. The van der Waals surface area contributed by atoms with Crippen molar-refractivity contribution in [3.63, 3.8) is 0 Å². The molecular formula is C22H20N2O2. The molecule has 0 saturated carbocycles. The van der Waals surface area contributed by atoms with Gasteiger partial charge >= 0.3 is 0 Å². The molecule has 3 aliphatic heterocycles.